The quantitative estimate of drug-likeness (QED) is 0.571. The van der Waals surface area contributed by atoms with Crippen LogP contribution >= 0.6 is 0 Å². The van der Waals surface area contributed by atoms with Crippen molar-refractivity contribution in [2.75, 3.05) is 5.43 Å². The van der Waals surface area contributed by atoms with Gasteiger partial charge < -0.3 is 5.43 Å². The average Bonchev–Trinajstić information content (AvgIpc) is 3.13. The van der Waals surface area contributed by atoms with Crippen molar-refractivity contribution in [1.29, 1.82) is 0 Å². The summed E-state index contributed by atoms with van der Waals surface area (Å²) < 4.78 is 2.96. The Kier molecular flexibility index (Phi) is 2.32. The SMILES string of the molecule is NNc1cc(=O)n(C2CC2)c(=O)n1CC1CC1. The van der Waals surface area contributed by atoms with Gasteiger partial charge >= 0.3 is 5.69 Å². The van der Waals surface area contributed by atoms with E-state index in [9.17, 15) is 9.59 Å². The van der Waals surface area contributed by atoms with Crippen molar-refractivity contribution >= 4 is 5.82 Å². The van der Waals surface area contributed by atoms with E-state index in [-0.39, 0.29) is 17.3 Å². The Morgan fingerprint density at radius 1 is 1.29 bits per heavy atom. The van der Waals surface area contributed by atoms with E-state index in [0.29, 0.717) is 18.3 Å². The first-order valence-corrected chi connectivity index (χ1v) is 6.03. The fourth-order valence-electron chi connectivity index (χ4n) is 2.12. The van der Waals surface area contributed by atoms with Crippen LogP contribution in [0.4, 0.5) is 5.82 Å². The zero-order valence-electron chi connectivity index (χ0n) is 9.56. The molecule has 2 fully saturated rings. The highest BCUT2D eigenvalue weighted by Gasteiger charge is 2.29. The molecule has 1 aromatic rings. The fourth-order valence-corrected chi connectivity index (χ4v) is 2.12. The van der Waals surface area contributed by atoms with Crippen LogP contribution in [0.25, 0.3) is 0 Å². The van der Waals surface area contributed by atoms with Crippen LogP contribution in [0.1, 0.15) is 31.7 Å². The van der Waals surface area contributed by atoms with E-state index in [4.69, 9.17) is 5.84 Å². The number of anilines is 1. The van der Waals surface area contributed by atoms with Crippen LogP contribution in [-0.2, 0) is 6.54 Å². The maximum atomic E-state index is 12.2. The predicted molar refractivity (Wildman–Crippen MR) is 63.8 cm³/mol. The summed E-state index contributed by atoms with van der Waals surface area (Å²) in [5.74, 6) is 6.35. The van der Waals surface area contributed by atoms with Gasteiger partial charge in [-0.3, -0.25) is 13.9 Å². The lowest BCUT2D eigenvalue weighted by molar-refractivity contribution is 0.537. The molecule has 6 heteroatoms. The Balaban J connectivity index is 2.11. The second-order valence-corrected chi connectivity index (χ2v) is 4.95. The Labute approximate surface area is 98.0 Å². The smallest absolute Gasteiger partial charge is 0.310 e. The maximum absolute atomic E-state index is 12.2. The Morgan fingerprint density at radius 2 is 2.00 bits per heavy atom. The van der Waals surface area contributed by atoms with Gasteiger partial charge in [-0.05, 0) is 31.6 Å². The van der Waals surface area contributed by atoms with Gasteiger partial charge in [0.05, 0.1) is 0 Å². The van der Waals surface area contributed by atoms with Crippen LogP contribution in [0.15, 0.2) is 15.7 Å². The first-order chi connectivity index (χ1) is 8.20. The van der Waals surface area contributed by atoms with Crippen LogP contribution in [0.2, 0.25) is 0 Å². The minimum absolute atomic E-state index is 0.104. The fraction of sp³-hybridized carbons (Fsp3) is 0.636. The van der Waals surface area contributed by atoms with Gasteiger partial charge in [0.25, 0.3) is 5.56 Å². The molecular weight excluding hydrogens is 220 g/mol. The number of hydrogen-bond acceptors (Lipinski definition) is 4. The Hall–Kier alpha value is -1.56. The standard InChI is InChI=1S/C11H16N4O2/c12-13-9-5-10(16)15(8-3-4-8)11(17)14(9)6-7-1-2-7/h5,7-8,13H,1-4,6,12H2. The highest BCUT2D eigenvalue weighted by Crippen LogP contribution is 2.33. The largest absolute Gasteiger partial charge is 0.332 e. The molecule has 3 rings (SSSR count). The van der Waals surface area contributed by atoms with Gasteiger partial charge in [0.15, 0.2) is 0 Å². The molecule has 0 bridgehead atoms. The lowest BCUT2D eigenvalue weighted by Crippen LogP contribution is -2.41. The topological polar surface area (TPSA) is 82.1 Å². The van der Waals surface area contributed by atoms with Crippen LogP contribution < -0.4 is 22.5 Å². The van der Waals surface area contributed by atoms with Gasteiger partial charge in [-0.25, -0.2) is 10.6 Å². The van der Waals surface area contributed by atoms with Crippen molar-refractivity contribution in [2.45, 2.75) is 38.3 Å². The summed E-state index contributed by atoms with van der Waals surface area (Å²) in [5.41, 5.74) is 1.97. The molecular formula is C11H16N4O2. The normalized spacial score (nSPS) is 19.4. The third-order valence-electron chi connectivity index (χ3n) is 3.42. The van der Waals surface area contributed by atoms with E-state index in [2.05, 4.69) is 5.43 Å². The number of nitrogens with two attached hydrogens (primary N) is 1. The monoisotopic (exact) mass is 236 g/mol. The molecule has 3 N–H and O–H groups in total. The number of rotatable bonds is 4. The summed E-state index contributed by atoms with van der Waals surface area (Å²) in [6.45, 7) is 0.658. The molecule has 92 valence electrons. The average molecular weight is 236 g/mol. The molecule has 17 heavy (non-hydrogen) atoms. The Bertz CT molecular complexity index is 552. The second-order valence-electron chi connectivity index (χ2n) is 4.95. The van der Waals surface area contributed by atoms with Crippen LogP contribution in [0.3, 0.4) is 0 Å². The van der Waals surface area contributed by atoms with Crippen LogP contribution in [0, 0.1) is 5.92 Å². The number of nitrogens with zero attached hydrogens (tertiary/aromatic N) is 2. The van der Waals surface area contributed by atoms with E-state index in [1.165, 1.54) is 10.6 Å². The zero-order chi connectivity index (χ0) is 12.0. The van der Waals surface area contributed by atoms with Crippen molar-refractivity contribution in [2.24, 2.45) is 11.8 Å². The molecule has 2 saturated carbocycles. The molecule has 0 atom stereocenters. The van der Waals surface area contributed by atoms with E-state index >= 15 is 0 Å². The highest BCUT2D eigenvalue weighted by molar-refractivity contribution is 5.32. The highest BCUT2D eigenvalue weighted by atomic mass is 16.2. The lowest BCUT2D eigenvalue weighted by Gasteiger charge is -2.13. The molecule has 2 aliphatic rings. The van der Waals surface area contributed by atoms with Gasteiger partial charge in [-0.15, -0.1) is 0 Å². The van der Waals surface area contributed by atoms with Gasteiger partial charge in [-0.1, -0.05) is 0 Å². The van der Waals surface area contributed by atoms with Crippen LogP contribution in [0.5, 0.6) is 0 Å². The number of hydrogen-bond donors (Lipinski definition) is 2. The summed E-state index contributed by atoms with van der Waals surface area (Å²) in [7, 11) is 0. The summed E-state index contributed by atoms with van der Waals surface area (Å²) in [4.78, 5) is 24.1. The summed E-state index contributed by atoms with van der Waals surface area (Å²) in [6.07, 6.45) is 4.15. The number of hydrazine groups is 1. The molecule has 1 heterocycles. The maximum Gasteiger partial charge on any atom is 0.332 e. The number of nitrogens with one attached hydrogen (secondary N) is 1. The van der Waals surface area contributed by atoms with Crippen molar-refractivity contribution < 1.29 is 0 Å². The first-order valence-electron chi connectivity index (χ1n) is 6.03. The third kappa shape index (κ3) is 1.88. The molecule has 0 amide bonds. The molecule has 2 aliphatic carbocycles. The zero-order valence-corrected chi connectivity index (χ0v) is 9.56. The molecule has 0 aromatic carbocycles. The molecule has 0 aliphatic heterocycles. The third-order valence-corrected chi connectivity index (χ3v) is 3.42. The Morgan fingerprint density at radius 3 is 2.53 bits per heavy atom. The minimum Gasteiger partial charge on any atom is -0.310 e. The number of aromatic nitrogens is 2. The minimum atomic E-state index is -0.252. The van der Waals surface area contributed by atoms with E-state index in [0.717, 1.165) is 25.7 Å². The molecule has 6 nitrogen and oxygen atoms in total. The predicted octanol–water partition coefficient (Wildman–Crippen LogP) is 0.0405. The molecule has 1 aromatic heterocycles. The summed E-state index contributed by atoms with van der Waals surface area (Å²) >= 11 is 0. The van der Waals surface area contributed by atoms with Gasteiger partial charge in [0.2, 0.25) is 0 Å². The summed E-state index contributed by atoms with van der Waals surface area (Å²) in [6, 6.07) is 1.52. The summed E-state index contributed by atoms with van der Waals surface area (Å²) in [5, 5.41) is 0. The van der Waals surface area contributed by atoms with E-state index in [1.807, 2.05) is 0 Å². The van der Waals surface area contributed by atoms with Crippen LogP contribution in [-0.4, -0.2) is 9.13 Å². The van der Waals surface area contributed by atoms with Gasteiger partial charge in [-0.2, -0.15) is 0 Å². The molecule has 0 radical (unpaired) electrons. The van der Waals surface area contributed by atoms with Crippen molar-refractivity contribution in [1.82, 2.24) is 9.13 Å². The van der Waals surface area contributed by atoms with Gasteiger partial charge in [0, 0.05) is 18.7 Å². The lowest BCUT2D eigenvalue weighted by atomic mass is 10.4. The van der Waals surface area contributed by atoms with Crippen molar-refractivity contribution in [3.05, 3.63) is 26.9 Å². The molecule has 0 spiro atoms. The van der Waals surface area contributed by atoms with E-state index < -0.39 is 0 Å². The van der Waals surface area contributed by atoms with Crippen molar-refractivity contribution in [3.8, 4) is 0 Å². The van der Waals surface area contributed by atoms with E-state index in [1.54, 1.807) is 4.57 Å². The van der Waals surface area contributed by atoms with Gasteiger partial charge in [0.1, 0.15) is 5.82 Å². The second kappa shape index (κ2) is 3.73. The number of nitrogen functional groups attached to an aromatic ring is 1. The first kappa shape index (κ1) is 10.6. The molecule has 0 unspecified atom stereocenters. The van der Waals surface area contributed by atoms with Crippen molar-refractivity contribution in [3.63, 3.8) is 0 Å². The molecule has 0 saturated heterocycles.